The largest absolute Gasteiger partial charge is 0.478 e. The molecule has 0 amide bonds. The van der Waals surface area contributed by atoms with Crippen LogP contribution in [0.5, 0.6) is 0 Å². The molecule has 0 atom stereocenters. The maximum Gasteiger partial charge on any atom is 0.335 e. The maximum atomic E-state index is 11.6. The molecule has 0 saturated carbocycles. The van der Waals surface area contributed by atoms with Gasteiger partial charge in [-0.3, -0.25) is 5.41 Å². The van der Waals surface area contributed by atoms with Gasteiger partial charge in [0.05, 0.1) is 12.2 Å². The van der Waals surface area contributed by atoms with Crippen LogP contribution in [0.25, 0.3) is 11.1 Å². The zero-order valence-electron chi connectivity index (χ0n) is 17.1. The SMILES string of the molecule is N=C(N)c1cccc(-c2cc(CNCC3CCN(CCO)CC3)cc(C(=O)O)c2)c1. The molecule has 30 heavy (non-hydrogen) atoms. The van der Waals surface area contributed by atoms with Gasteiger partial charge in [-0.2, -0.15) is 0 Å². The summed E-state index contributed by atoms with van der Waals surface area (Å²) < 4.78 is 0. The molecule has 160 valence electrons. The number of hydrogen-bond donors (Lipinski definition) is 5. The molecule has 7 nitrogen and oxygen atoms in total. The summed E-state index contributed by atoms with van der Waals surface area (Å²) in [7, 11) is 0. The van der Waals surface area contributed by atoms with E-state index in [9.17, 15) is 9.90 Å². The van der Waals surface area contributed by atoms with Crippen LogP contribution >= 0.6 is 0 Å². The molecule has 0 bridgehead atoms. The highest BCUT2D eigenvalue weighted by Gasteiger charge is 2.18. The standard InChI is InChI=1S/C23H30N4O3/c24-22(25)19-3-1-2-18(12-19)20-10-17(11-21(13-20)23(29)30)15-26-14-16-4-6-27(7-5-16)8-9-28/h1-3,10-13,16,26,28H,4-9,14-15H2,(H3,24,25)(H,29,30). The number of hydrogen-bond acceptors (Lipinski definition) is 5. The predicted molar refractivity (Wildman–Crippen MR) is 118 cm³/mol. The number of aliphatic hydroxyl groups is 1. The highest BCUT2D eigenvalue weighted by molar-refractivity contribution is 5.96. The second-order valence-corrected chi connectivity index (χ2v) is 7.86. The second-order valence-electron chi connectivity index (χ2n) is 7.86. The highest BCUT2D eigenvalue weighted by atomic mass is 16.4. The molecule has 1 aliphatic heterocycles. The zero-order valence-corrected chi connectivity index (χ0v) is 17.1. The fourth-order valence-electron chi connectivity index (χ4n) is 3.93. The van der Waals surface area contributed by atoms with E-state index in [0.717, 1.165) is 55.7 Å². The highest BCUT2D eigenvalue weighted by Crippen LogP contribution is 2.24. The van der Waals surface area contributed by atoms with Crippen LogP contribution in [0.1, 0.15) is 34.3 Å². The number of amidine groups is 1. The van der Waals surface area contributed by atoms with Crippen molar-refractivity contribution in [2.75, 3.05) is 32.8 Å². The molecule has 1 aliphatic rings. The molecule has 0 aliphatic carbocycles. The summed E-state index contributed by atoms with van der Waals surface area (Å²) in [6, 6.07) is 12.6. The number of aromatic carboxylic acids is 1. The Labute approximate surface area is 177 Å². The van der Waals surface area contributed by atoms with E-state index in [2.05, 4.69) is 10.2 Å². The summed E-state index contributed by atoms with van der Waals surface area (Å²) in [5, 5.41) is 29.7. The normalized spacial score (nSPS) is 15.2. The lowest BCUT2D eigenvalue weighted by atomic mass is 9.96. The van der Waals surface area contributed by atoms with Gasteiger partial charge in [-0.05, 0) is 79.3 Å². The lowest BCUT2D eigenvalue weighted by Gasteiger charge is -2.31. The topological polar surface area (TPSA) is 123 Å². The number of β-amino-alcohol motifs (C(OH)–C–C–N with tert-alkyl or cyclic N) is 1. The molecule has 1 fully saturated rings. The van der Waals surface area contributed by atoms with Crippen molar-refractivity contribution in [1.29, 1.82) is 5.41 Å². The number of carboxylic acid groups (broad SMARTS) is 1. The average Bonchev–Trinajstić information content (AvgIpc) is 2.75. The number of nitrogen functional groups attached to an aromatic ring is 1. The Morgan fingerprint density at radius 3 is 2.53 bits per heavy atom. The van der Waals surface area contributed by atoms with Gasteiger partial charge in [-0.1, -0.05) is 18.2 Å². The maximum absolute atomic E-state index is 11.6. The number of carbonyl (C=O) groups is 1. The lowest BCUT2D eigenvalue weighted by molar-refractivity contribution is 0.0696. The molecular formula is C23H30N4O3. The van der Waals surface area contributed by atoms with Crippen LogP contribution in [0.15, 0.2) is 42.5 Å². The lowest BCUT2D eigenvalue weighted by Crippen LogP contribution is -2.38. The van der Waals surface area contributed by atoms with Crippen molar-refractivity contribution in [2.24, 2.45) is 11.7 Å². The summed E-state index contributed by atoms with van der Waals surface area (Å²) in [5.41, 5.74) is 9.00. The van der Waals surface area contributed by atoms with Gasteiger partial charge in [0, 0.05) is 18.7 Å². The van der Waals surface area contributed by atoms with Crippen LogP contribution in [0.2, 0.25) is 0 Å². The first-order chi connectivity index (χ1) is 14.5. The molecule has 6 N–H and O–H groups in total. The van der Waals surface area contributed by atoms with Crippen molar-refractivity contribution in [2.45, 2.75) is 19.4 Å². The molecule has 0 unspecified atom stereocenters. The van der Waals surface area contributed by atoms with E-state index in [-0.39, 0.29) is 18.0 Å². The fourth-order valence-corrected chi connectivity index (χ4v) is 3.93. The fraction of sp³-hybridized carbons (Fsp3) is 0.391. The summed E-state index contributed by atoms with van der Waals surface area (Å²) in [6.45, 7) is 4.46. The number of benzene rings is 2. The van der Waals surface area contributed by atoms with Gasteiger partial charge < -0.3 is 26.2 Å². The summed E-state index contributed by atoms with van der Waals surface area (Å²) in [6.07, 6.45) is 2.20. The van der Waals surface area contributed by atoms with Crippen molar-refractivity contribution < 1.29 is 15.0 Å². The van der Waals surface area contributed by atoms with E-state index in [1.54, 1.807) is 24.3 Å². The number of carboxylic acids is 1. The number of nitrogens with zero attached hydrogens (tertiary/aromatic N) is 1. The molecule has 0 spiro atoms. The zero-order chi connectivity index (χ0) is 21.5. The van der Waals surface area contributed by atoms with Crippen molar-refractivity contribution in [1.82, 2.24) is 10.2 Å². The second kappa shape index (κ2) is 10.3. The third kappa shape index (κ3) is 5.89. The molecular weight excluding hydrogens is 380 g/mol. The molecule has 7 heteroatoms. The van der Waals surface area contributed by atoms with Gasteiger partial charge in [0.25, 0.3) is 0 Å². The molecule has 0 aromatic heterocycles. The van der Waals surface area contributed by atoms with E-state index in [1.165, 1.54) is 0 Å². The van der Waals surface area contributed by atoms with Crippen LogP contribution in [0.4, 0.5) is 0 Å². The molecule has 3 rings (SSSR count). The van der Waals surface area contributed by atoms with Crippen molar-refractivity contribution in [3.05, 3.63) is 59.2 Å². The monoisotopic (exact) mass is 410 g/mol. The van der Waals surface area contributed by atoms with Crippen LogP contribution in [-0.2, 0) is 6.54 Å². The Morgan fingerprint density at radius 1 is 1.13 bits per heavy atom. The van der Waals surface area contributed by atoms with E-state index < -0.39 is 5.97 Å². The minimum Gasteiger partial charge on any atom is -0.478 e. The van der Waals surface area contributed by atoms with E-state index in [4.69, 9.17) is 16.2 Å². The Morgan fingerprint density at radius 2 is 1.87 bits per heavy atom. The Balaban J connectivity index is 1.67. The first kappa shape index (κ1) is 22.0. The first-order valence-corrected chi connectivity index (χ1v) is 10.3. The van der Waals surface area contributed by atoms with Crippen LogP contribution in [0, 0.1) is 11.3 Å². The molecule has 1 heterocycles. The number of nitrogens with two attached hydrogens (primary N) is 1. The smallest absolute Gasteiger partial charge is 0.335 e. The quantitative estimate of drug-likeness (QED) is 0.319. The van der Waals surface area contributed by atoms with E-state index in [0.29, 0.717) is 18.0 Å². The summed E-state index contributed by atoms with van der Waals surface area (Å²) in [4.78, 5) is 13.9. The minimum absolute atomic E-state index is 0.0156. The van der Waals surface area contributed by atoms with Crippen molar-refractivity contribution in [3.63, 3.8) is 0 Å². The van der Waals surface area contributed by atoms with Crippen LogP contribution < -0.4 is 11.1 Å². The third-order valence-corrected chi connectivity index (χ3v) is 5.63. The number of piperidine rings is 1. The van der Waals surface area contributed by atoms with Crippen molar-refractivity contribution in [3.8, 4) is 11.1 Å². The number of likely N-dealkylation sites (tertiary alicyclic amines) is 1. The number of aliphatic hydroxyl groups excluding tert-OH is 1. The molecule has 1 saturated heterocycles. The molecule has 0 radical (unpaired) electrons. The summed E-state index contributed by atoms with van der Waals surface area (Å²) >= 11 is 0. The minimum atomic E-state index is -0.961. The number of rotatable bonds is 9. The van der Waals surface area contributed by atoms with E-state index >= 15 is 0 Å². The van der Waals surface area contributed by atoms with Gasteiger partial charge in [-0.25, -0.2) is 4.79 Å². The van der Waals surface area contributed by atoms with Gasteiger partial charge >= 0.3 is 5.97 Å². The van der Waals surface area contributed by atoms with Crippen LogP contribution in [-0.4, -0.2) is 59.7 Å². The Bertz CT molecular complexity index is 892. The van der Waals surface area contributed by atoms with E-state index in [1.807, 2.05) is 18.2 Å². The Kier molecular flexibility index (Phi) is 7.57. The Hall–Kier alpha value is -2.74. The van der Waals surface area contributed by atoms with Gasteiger partial charge in [0.1, 0.15) is 5.84 Å². The molecule has 2 aromatic rings. The van der Waals surface area contributed by atoms with Gasteiger partial charge in [0.15, 0.2) is 0 Å². The van der Waals surface area contributed by atoms with Gasteiger partial charge in [-0.15, -0.1) is 0 Å². The first-order valence-electron chi connectivity index (χ1n) is 10.3. The summed E-state index contributed by atoms with van der Waals surface area (Å²) in [5.74, 6) is -0.385. The molecule has 2 aromatic carbocycles. The third-order valence-electron chi connectivity index (χ3n) is 5.63. The average molecular weight is 411 g/mol. The predicted octanol–water partition coefficient (Wildman–Crippen LogP) is 2.13. The van der Waals surface area contributed by atoms with Gasteiger partial charge in [0.2, 0.25) is 0 Å². The van der Waals surface area contributed by atoms with Crippen molar-refractivity contribution >= 4 is 11.8 Å². The van der Waals surface area contributed by atoms with Crippen LogP contribution in [0.3, 0.4) is 0 Å². The number of nitrogens with one attached hydrogen (secondary N) is 2.